The zero-order valence-corrected chi connectivity index (χ0v) is 14.0. The first-order chi connectivity index (χ1) is 12.1. The molecule has 0 aromatic heterocycles. The van der Waals surface area contributed by atoms with Gasteiger partial charge in [-0.2, -0.15) is 5.10 Å². The maximum Gasteiger partial charge on any atom is 0.240 e. The summed E-state index contributed by atoms with van der Waals surface area (Å²) in [5, 5.41) is 16.1. The van der Waals surface area contributed by atoms with E-state index in [0.29, 0.717) is 17.8 Å². The number of phenolic OH excluding ortho intramolecular Hbond substituents is 1. The molecular weight excluding hydrogens is 318 g/mol. The molecule has 3 N–H and O–H groups in total. The van der Waals surface area contributed by atoms with E-state index in [0.717, 1.165) is 5.56 Å². The Morgan fingerprint density at radius 1 is 0.960 bits per heavy atom. The number of aromatic hydroxyl groups is 1. The van der Waals surface area contributed by atoms with Gasteiger partial charge in [-0.15, -0.1) is 0 Å². The van der Waals surface area contributed by atoms with Gasteiger partial charge in [-0.25, -0.2) is 5.43 Å². The van der Waals surface area contributed by atoms with Crippen molar-refractivity contribution in [1.29, 1.82) is 0 Å². The third kappa shape index (κ3) is 6.10. The number of nitrogens with one attached hydrogen (secondary N) is 2. The third-order valence-electron chi connectivity index (χ3n) is 3.49. The number of benzene rings is 2. The molecule has 25 heavy (non-hydrogen) atoms. The second-order valence-corrected chi connectivity index (χ2v) is 5.41. The molecule has 0 spiro atoms. The molecule has 0 saturated heterocycles. The lowest BCUT2D eigenvalue weighted by Crippen LogP contribution is -2.22. The van der Waals surface area contributed by atoms with Gasteiger partial charge < -0.3 is 10.4 Å². The van der Waals surface area contributed by atoms with E-state index < -0.39 is 0 Å². The summed E-state index contributed by atoms with van der Waals surface area (Å²) < 4.78 is 0. The highest BCUT2D eigenvalue weighted by Crippen LogP contribution is 2.12. The Morgan fingerprint density at radius 3 is 2.24 bits per heavy atom. The number of hydrazone groups is 1. The standard InChI is InChI=1S/C19H21N3O3/c1-2-17(14-8-10-16(23)11-9-14)21-22-19(25)13-12-18(24)20-15-6-4-3-5-7-15/h3-11,23H,2,12-13H2,1H3,(H,20,24)(H,22,25). The van der Waals surface area contributed by atoms with E-state index >= 15 is 0 Å². The van der Waals surface area contributed by atoms with Crippen molar-refractivity contribution in [2.75, 3.05) is 5.32 Å². The van der Waals surface area contributed by atoms with Crippen LogP contribution in [0.1, 0.15) is 31.7 Å². The van der Waals surface area contributed by atoms with Crippen LogP contribution in [0.3, 0.4) is 0 Å². The summed E-state index contributed by atoms with van der Waals surface area (Å²) in [5.41, 5.74) is 4.69. The first-order valence-corrected chi connectivity index (χ1v) is 8.08. The van der Waals surface area contributed by atoms with Crippen LogP contribution in [0, 0.1) is 0 Å². The van der Waals surface area contributed by atoms with Crippen LogP contribution in [0.25, 0.3) is 0 Å². The van der Waals surface area contributed by atoms with Crippen LogP contribution >= 0.6 is 0 Å². The number of para-hydroxylation sites is 1. The van der Waals surface area contributed by atoms with Crippen molar-refractivity contribution in [3.8, 4) is 5.75 Å². The molecule has 0 aliphatic carbocycles. The highest BCUT2D eigenvalue weighted by atomic mass is 16.3. The van der Waals surface area contributed by atoms with Gasteiger partial charge in [0.05, 0.1) is 5.71 Å². The number of anilines is 1. The minimum absolute atomic E-state index is 0.0503. The number of amides is 2. The molecule has 2 aromatic rings. The third-order valence-corrected chi connectivity index (χ3v) is 3.49. The van der Waals surface area contributed by atoms with Crippen molar-refractivity contribution < 1.29 is 14.7 Å². The Kier molecular flexibility index (Phi) is 6.71. The molecule has 0 heterocycles. The molecule has 0 radical (unpaired) electrons. The lowest BCUT2D eigenvalue weighted by Gasteiger charge is -2.06. The maximum absolute atomic E-state index is 11.9. The van der Waals surface area contributed by atoms with Gasteiger partial charge in [0.15, 0.2) is 0 Å². The molecular formula is C19H21N3O3. The van der Waals surface area contributed by atoms with E-state index in [4.69, 9.17) is 0 Å². The molecule has 0 aliphatic heterocycles. The Balaban J connectivity index is 1.82. The fraction of sp³-hybridized carbons (Fsp3) is 0.211. The van der Waals surface area contributed by atoms with Gasteiger partial charge in [0, 0.05) is 18.5 Å². The maximum atomic E-state index is 11.9. The molecule has 130 valence electrons. The van der Waals surface area contributed by atoms with Crippen molar-refractivity contribution in [2.45, 2.75) is 26.2 Å². The largest absolute Gasteiger partial charge is 0.508 e. The second-order valence-electron chi connectivity index (χ2n) is 5.41. The predicted molar refractivity (Wildman–Crippen MR) is 97.4 cm³/mol. The Bertz CT molecular complexity index is 740. The van der Waals surface area contributed by atoms with Crippen molar-refractivity contribution in [2.24, 2.45) is 5.10 Å². The van der Waals surface area contributed by atoms with Gasteiger partial charge >= 0.3 is 0 Å². The van der Waals surface area contributed by atoms with E-state index in [2.05, 4.69) is 15.8 Å². The molecule has 0 bridgehead atoms. The molecule has 6 heteroatoms. The number of phenols is 1. The summed E-state index contributed by atoms with van der Waals surface area (Å²) in [7, 11) is 0. The lowest BCUT2D eigenvalue weighted by molar-refractivity contribution is -0.124. The molecule has 0 saturated carbocycles. The van der Waals surface area contributed by atoms with Crippen molar-refractivity contribution in [3.63, 3.8) is 0 Å². The number of nitrogens with zero attached hydrogens (tertiary/aromatic N) is 1. The first kappa shape index (κ1) is 18.2. The molecule has 0 aliphatic rings. The predicted octanol–water partition coefficient (Wildman–Crippen LogP) is 3.04. The van der Waals surface area contributed by atoms with Gasteiger partial charge in [-0.05, 0) is 48.4 Å². The van der Waals surface area contributed by atoms with Crippen molar-refractivity contribution in [3.05, 3.63) is 60.2 Å². The number of hydrogen-bond donors (Lipinski definition) is 3. The van der Waals surface area contributed by atoms with Crippen LogP contribution in [0.2, 0.25) is 0 Å². The zero-order valence-electron chi connectivity index (χ0n) is 14.0. The van der Waals surface area contributed by atoms with Crippen LogP contribution < -0.4 is 10.7 Å². The summed E-state index contributed by atoms with van der Waals surface area (Å²) in [6.07, 6.45) is 0.755. The second kappa shape index (κ2) is 9.22. The minimum Gasteiger partial charge on any atom is -0.508 e. The van der Waals surface area contributed by atoms with Gasteiger partial charge in [0.1, 0.15) is 5.75 Å². The molecule has 0 unspecified atom stereocenters. The summed E-state index contributed by atoms with van der Waals surface area (Å²) >= 11 is 0. The highest BCUT2D eigenvalue weighted by Gasteiger charge is 2.08. The van der Waals surface area contributed by atoms with Crippen LogP contribution in [0.4, 0.5) is 5.69 Å². The van der Waals surface area contributed by atoms with Crippen LogP contribution in [0.15, 0.2) is 59.7 Å². The molecule has 2 aromatic carbocycles. The van der Waals surface area contributed by atoms with E-state index in [-0.39, 0.29) is 30.4 Å². The van der Waals surface area contributed by atoms with E-state index in [9.17, 15) is 14.7 Å². The van der Waals surface area contributed by atoms with Crippen LogP contribution in [-0.2, 0) is 9.59 Å². The number of rotatable bonds is 7. The minimum atomic E-state index is -0.326. The molecule has 0 atom stereocenters. The smallest absolute Gasteiger partial charge is 0.240 e. The van der Waals surface area contributed by atoms with Crippen molar-refractivity contribution in [1.82, 2.24) is 5.43 Å². The van der Waals surface area contributed by atoms with Gasteiger partial charge in [-0.3, -0.25) is 9.59 Å². The monoisotopic (exact) mass is 339 g/mol. The lowest BCUT2D eigenvalue weighted by atomic mass is 10.1. The number of hydrogen-bond acceptors (Lipinski definition) is 4. The normalized spacial score (nSPS) is 11.0. The van der Waals surface area contributed by atoms with Gasteiger partial charge in [-0.1, -0.05) is 25.1 Å². The van der Waals surface area contributed by atoms with E-state index in [1.54, 1.807) is 36.4 Å². The number of carbonyl (C=O) groups excluding carboxylic acids is 2. The Hall–Kier alpha value is -3.15. The molecule has 0 fully saturated rings. The summed E-state index contributed by atoms with van der Waals surface area (Å²) in [5.74, 6) is -0.375. The first-order valence-electron chi connectivity index (χ1n) is 8.08. The van der Waals surface area contributed by atoms with Crippen LogP contribution in [-0.4, -0.2) is 22.6 Å². The van der Waals surface area contributed by atoms with E-state index in [1.165, 1.54) is 0 Å². The van der Waals surface area contributed by atoms with Gasteiger partial charge in [0.25, 0.3) is 0 Å². The molecule has 2 rings (SSSR count). The summed E-state index contributed by atoms with van der Waals surface area (Å²) in [6.45, 7) is 1.92. The topological polar surface area (TPSA) is 90.8 Å². The van der Waals surface area contributed by atoms with Crippen LogP contribution in [0.5, 0.6) is 5.75 Å². The zero-order chi connectivity index (χ0) is 18.1. The Morgan fingerprint density at radius 2 is 1.60 bits per heavy atom. The van der Waals surface area contributed by atoms with E-state index in [1.807, 2.05) is 25.1 Å². The highest BCUT2D eigenvalue weighted by molar-refractivity contribution is 6.01. The summed E-state index contributed by atoms with van der Waals surface area (Å²) in [6, 6.07) is 15.7. The SMILES string of the molecule is CCC(=NNC(=O)CCC(=O)Nc1ccccc1)c1ccc(O)cc1. The Labute approximate surface area is 146 Å². The average molecular weight is 339 g/mol. The quantitative estimate of drug-likeness (QED) is 0.535. The average Bonchev–Trinajstić information content (AvgIpc) is 2.63. The molecule has 6 nitrogen and oxygen atoms in total. The number of carbonyl (C=O) groups is 2. The fourth-order valence-corrected chi connectivity index (χ4v) is 2.16. The summed E-state index contributed by atoms with van der Waals surface area (Å²) in [4.78, 5) is 23.7. The fourth-order valence-electron chi connectivity index (χ4n) is 2.16. The van der Waals surface area contributed by atoms with Gasteiger partial charge in [0.2, 0.25) is 11.8 Å². The van der Waals surface area contributed by atoms with Crippen molar-refractivity contribution >= 4 is 23.2 Å². The molecule has 2 amide bonds.